The number of nitrogens with one attached hydrogen (secondary N) is 2. The number of fused-ring (bicyclic) bond motifs is 3. The summed E-state index contributed by atoms with van der Waals surface area (Å²) in [6.45, 7) is 0. The normalized spacial score (nSPS) is 14.8. The van der Waals surface area contributed by atoms with Crippen molar-refractivity contribution in [2.45, 2.75) is 19.3 Å². The maximum Gasteiger partial charge on any atom is 0.323 e. The zero-order valence-electron chi connectivity index (χ0n) is 15.5. The summed E-state index contributed by atoms with van der Waals surface area (Å²) >= 11 is 0. The van der Waals surface area contributed by atoms with Gasteiger partial charge >= 0.3 is 5.69 Å². The largest absolute Gasteiger partial charge is 0.323 e. The summed E-state index contributed by atoms with van der Waals surface area (Å²) in [5.41, 5.74) is 7.45. The number of aromatic amines is 2. The second-order valence-corrected chi connectivity index (χ2v) is 7.32. The van der Waals surface area contributed by atoms with Crippen LogP contribution in [-0.4, -0.2) is 9.97 Å². The standard InChI is InChI=1S/C24H18F2N2O/c25-23(26)17-8-9-19-16(13-17)7-6-15-3-1-2-4-18(15)20(19)11-14-5-10-21-22(12-14)28-24(29)27-21/h1-5,8-13,23H,6-7H2,(H2,27,28,29)/b20-11-. The molecule has 0 fully saturated rings. The monoisotopic (exact) mass is 388 g/mol. The Morgan fingerprint density at radius 1 is 0.828 bits per heavy atom. The zero-order valence-corrected chi connectivity index (χ0v) is 15.5. The number of aromatic nitrogens is 2. The number of aryl methyl sites for hydroxylation is 2. The number of hydrogen-bond donors (Lipinski definition) is 2. The maximum atomic E-state index is 13.2. The van der Waals surface area contributed by atoms with Gasteiger partial charge in [-0.2, -0.15) is 0 Å². The summed E-state index contributed by atoms with van der Waals surface area (Å²) in [4.78, 5) is 17.1. The predicted molar refractivity (Wildman–Crippen MR) is 111 cm³/mol. The Morgan fingerprint density at radius 3 is 2.45 bits per heavy atom. The summed E-state index contributed by atoms with van der Waals surface area (Å²) in [5, 5.41) is 0. The number of benzene rings is 3. The van der Waals surface area contributed by atoms with Gasteiger partial charge in [0.15, 0.2) is 0 Å². The van der Waals surface area contributed by atoms with Gasteiger partial charge in [0, 0.05) is 5.56 Å². The lowest BCUT2D eigenvalue weighted by Gasteiger charge is -2.13. The highest BCUT2D eigenvalue weighted by atomic mass is 19.3. The minimum Gasteiger partial charge on any atom is -0.306 e. The van der Waals surface area contributed by atoms with Crippen molar-refractivity contribution in [1.29, 1.82) is 0 Å². The third kappa shape index (κ3) is 3.18. The second kappa shape index (κ2) is 6.85. The molecule has 0 amide bonds. The number of hydrogen-bond acceptors (Lipinski definition) is 1. The molecule has 1 aliphatic carbocycles. The fourth-order valence-corrected chi connectivity index (χ4v) is 4.10. The number of alkyl halides is 2. The Kier molecular flexibility index (Phi) is 4.16. The molecule has 4 aromatic rings. The fraction of sp³-hybridized carbons (Fsp3) is 0.125. The van der Waals surface area contributed by atoms with Gasteiger partial charge in [0.05, 0.1) is 11.0 Å². The van der Waals surface area contributed by atoms with Crippen molar-refractivity contribution in [3.63, 3.8) is 0 Å². The van der Waals surface area contributed by atoms with Gasteiger partial charge in [0.2, 0.25) is 0 Å². The molecule has 3 nitrogen and oxygen atoms in total. The SMILES string of the molecule is O=c1[nH]c2ccc(/C=C3/c4ccccc4CCc4cc(C(F)F)ccc43)cc2[nH]1. The van der Waals surface area contributed by atoms with Gasteiger partial charge in [0.25, 0.3) is 6.43 Å². The van der Waals surface area contributed by atoms with E-state index in [1.165, 1.54) is 11.6 Å². The highest BCUT2D eigenvalue weighted by molar-refractivity contribution is 5.95. The predicted octanol–water partition coefficient (Wildman–Crippen LogP) is 5.48. The maximum absolute atomic E-state index is 13.2. The molecular weight excluding hydrogens is 370 g/mol. The van der Waals surface area contributed by atoms with Gasteiger partial charge in [-0.25, -0.2) is 13.6 Å². The molecule has 5 heteroatoms. The molecule has 1 heterocycles. The Labute approximate surface area is 165 Å². The Bertz CT molecular complexity index is 1310. The van der Waals surface area contributed by atoms with Crippen LogP contribution in [0.3, 0.4) is 0 Å². The Morgan fingerprint density at radius 2 is 1.59 bits per heavy atom. The summed E-state index contributed by atoms with van der Waals surface area (Å²) in [6, 6.07) is 18.9. The molecule has 5 rings (SSSR count). The van der Waals surface area contributed by atoms with Crippen LogP contribution in [-0.2, 0) is 12.8 Å². The van der Waals surface area contributed by atoms with E-state index in [9.17, 15) is 13.6 Å². The van der Waals surface area contributed by atoms with Gasteiger partial charge < -0.3 is 9.97 Å². The summed E-state index contributed by atoms with van der Waals surface area (Å²) < 4.78 is 26.5. The highest BCUT2D eigenvalue weighted by Crippen LogP contribution is 2.36. The molecule has 2 N–H and O–H groups in total. The first-order valence-corrected chi connectivity index (χ1v) is 9.52. The Balaban J connectivity index is 1.72. The van der Waals surface area contributed by atoms with E-state index in [4.69, 9.17) is 0 Å². The van der Waals surface area contributed by atoms with Crippen LogP contribution in [0, 0.1) is 0 Å². The molecule has 0 unspecified atom stereocenters. The van der Waals surface area contributed by atoms with Crippen LogP contribution in [0.15, 0.2) is 65.5 Å². The van der Waals surface area contributed by atoms with Gasteiger partial charge in [-0.3, -0.25) is 0 Å². The molecule has 1 aliphatic rings. The first-order valence-electron chi connectivity index (χ1n) is 9.52. The van der Waals surface area contributed by atoms with Crippen LogP contribution < -0.4 is 5.69 Å². The zero-order chi connectivity index (χ0) is 20.0. The molecule has 0 aliphatic heterocycles. The third-order valence-corrected chi connectivity index (χ3v) is 5.49. The summed E-state index contributed by atoms with van der Waals surface area (Å²) in [5.74, 6) is 0. The smallest absolute Gasteiger partial charge is 0.306 e. The lowest BCUT2D eigenvalue weighted by molar-refractivity contribution is 0.151. The van der Waals surface area contributed by atoms with Crippen LogP contribution in [0.25, 0.3) is 22.7 Å². The molecule has 0 radical (unpaired) electrons. The molecule has 0 atom stereocenters. The van der Waals surface area contributed by atoms with Crippen molar-refractivity contribution in [1.82, 2.24) is 9.97 Å². The first-order chi connectivity index (χ1) is 14.1. The molecule has 0 saturated heterocycles. The van der Waals surface area contributed by atoms with Gasteiger partial charge in [-0.1, -0.05) is 42.5 Å². The number of imidazole rings is 1. The van der Waals surface area contributed by atoms with Gasteiger partial charge in [-0.05, 0) is 70.5 Å². The van der Waals surface area contributed by atoms with Crippen LogP contribution >= 0.6 is 0 Å². The Hall–Kier alpha value is -3.47. The van der Waals surface area contributed by atoms with Crippen LogP contribution in [0.1, 0.15) is 39.8 Å². The molecule has 0 spiro atoms. The lowest BCUT2D eigenvalue weighted by Crippen LogP contribution is -1.99. The van der Waals surface area contributed by atoms with Crippen molar-refractivity contribution < 1.29 is 8.78 Å². The molecule has 0 saturated carbocycles. The molecule has 1 aromatic heterocycles. The number of rotatable bonds is 2. The minimum absolute atomic E-state index is 0.0559. The van der Waals surface area contributed by atoms with Crippen molar-refractivity contribution in [2.24, 2.45) is 0 Å². The van der Waals surface area contributed by atoms with Crippen LogP contribution in [0.4, 0.5) is 8.78 Å². The first kappa shape index (κ1) is 17.6. The molecule has 3 aromatic carbocycles. The van der Waals surface area contributed by atoms with Gasteiger partial charge in [0.1, 0.15) is 0 Å². The van der Waals surface area contributed by atoms with E-state index in [2.05, 4.69) is 28.2 Å². The van der Waals surface area contributed by atoms with Gasteiger partial charge in [-0.15, -0.1) is 0 Å². The van der Waals surface area contributed by atoms with Crippen molar-refractivity contribution in [3.05, 3.63) is 105 Å². The van der Waals surface area contributed by atoms with E-state index >= 15 is 0 Å². The molecular formula is C24H18F2N2O. The van der Waals surface area contributed by atoms with E-state index in [-0.39, 0.29) is 11.3 Å². The number of halogens is 2. The van der Waals surface area contributed by atoms with E-state index in [1.54, 1.807) is 6.07 Å². The van der Waals surface area contributed by atoms with E-state index in [1.807, 2.05) is 36.4 Å². The minimum atomic E-state index is -2.48. The van der Waals surface area contributed by atoms with Crippen molar-refractivity contribution >= 4 is 22.7 Å². The van der Waals surface area contributed by atoms with E-state index in [0.717, 1.165) is 45.3 Å². The quantitative estimate of drug-likeness (QED) is 0.469. The van der Waals surface area contributed by atoms with Crippen molar-refractivity contribution in [2.75, 3.05) is 0 Å². The average Bonchev–Trinajstić information content (AvgIpc) is 3.02. The molecule has 29 heavy (non-hydrogen) atoms. The molecule has 0 bridgehead atoms. The van der Waals surface area contributed by atoms with E-state index in [0.29, 0.717) is 6.42 Å². The van der Waals surface area contributed by atoms with Crippen LogP contribution in [0.2, 0.25) is 0 Å². The second-order valence-electron chi connectivity index (χ2n) is 7.32. The average molecular weight is 388 g/mol. The van der Waals surface area contributed by atoms with Crippen molar-refractivity contribution in [3.8, 4) is 0 Å². The fourth-order valence-electron chi connectivity index (χ4n) is 4.10. The third-order valence-electron chi connectivity index (χ3n) is 5.49. The lowest BCUT2D eigenvalue weighted by atomic mass is 9.91. The molecule has 144 valence electrons. The van der Waals surface area contributed by atoms with Crippen LogP contribution in [0.5, 0.6) is 0 Å². The van der Waals surface area contributed by atoms with E-state index < -0.39 is 6.43 Å². The summed E-state index contributed by atoms with van der Waals surface area (Å²) in [6.07, 6.45) is 1.10. The highest BCUT2D eigenvalue weighted by Gasteiger charge is 2.20. The number of H-pyrrole nitrogens is 2. The summed E-state index contributed by atoms with van der Waals surface area (Å²) in [7, 11) is 0. The topological polar surface area (TPSA) is 48.6 Å².